The second kappa shape index (κ2) is 11.5. The van der Waals surface area contributed by atoms with Crippen LogP contribution in [-0.4, -0.2) is 43.5 Å². The molecular formula is C20H34ClN3O. The number of piperidine rings is 1. The molecule has 1 heterocycles. The Labute approximate surface area is 159 Å². The zero-order valence-electron chi connectivity index (χ0n) is 15.8. The van der Waals surface area contributed by atoms with Crippen LogP contribution in [0.25, 0.3) is 0 Å². The molecule has 0 saturated carbocycles. The van der Waals surface area contributed by atoms with Gasteiger partial charge in [0.15, 0.2) is 0 Å². The Hall–Kier alpha value is -1.10. The van der Waals surface area contributed by atoms with Crippen molar-refractivity contribution in [1.29, 1.82) is 0 Å². The summed E-state index contributed by atoms with van der Waals surface area (Å²) < 4.78 is 0. The minimum atomic E-state index is 0. The van der Waals surface area contributed by atoms with Crippen molar-refractivity contribution >= 4 is 18.3 Å². The number of carbonyl (C=O) groups is 1. The highest BCUT2D eigenvalue weighted by atomic mass is 35.5. The van der Waals surface area contributed by atoms with E-state index in [9.17, 15) is 4.79 Å². The molecule has 3 atom stereocenters. The van der Waals surface area contributed by atoms with E-state index in [2.05, 4.69) is 60.7 Å². The summed E-state index contributed by atoms with van der Waals surface area (Å²) in [6, 6.07) is 10.6. The minimum Gasteiger partial charge on any atom is -0.352 e. The number of nitrogens with zero attached hydrogens (tertiary/aromatic N) is 1. The molecule has 0 radical (unpaired) electrons. The monoisotopic (exact) mass is 367 g/mol. The van der Waals surface area contributed by atoms with Crippen LogP contribution in [0.3, 0.4) is 0 Å². The van der Waals surface area contributed by atoms with Gasteiger partial charge in [-0.25, -0.2) is 0 Å². The molecule has 25 heavy (non-hydrogen) atoms. The first kappa shape index (κ1) is 21.9. The standard InChI is InChI=1S/C20H33N3O.ClH/c1-16(19-10-7-11-21-13-19)12-20(24)22-17(2)14-23(3)15-18-8-5-4-6-9-18;/h4-6,8-9,16-17,19,21H,7,10-15H2,1-3H3,(H,22,24);1H. The predicted molar refractivity (Wildman–Crippen MR) is 107 cm³/mol. The van der Waals surface area contributed by atoms with Crippen molar-refractivity contribution < 1.29 is 4.79 Å². The molecule has 5 heteroatoms. The third-order valence-electron chi connectivity index (χ3n) is 4.94. The van der Waals surface area contributed by atoms with Crippen molar-refractivity contribution in [2.45, 2.75) is 45.7 Å². The quantitative estimate of drug-likeness (QED) is 0.742. The predicted octanol–water partition coefficient (Wildman–Crippen LogP) is 3.07. The Morgan fingerprint density at radius 2 is 2.04 bits per heavy atom. The van der Waals surface area contributed by atoms with E-state index < -0.39 is 0 Å². The molecule has 0 bridgehead atoms. The van der Waals surface area contributed by atoms with Gasteiger partial charge in [0.05, 0.1) is 0 Å². The van der Waals surface area contributed by atoms with Gasteiger partial charge in [0.2, 0.25) is 5.91 Å². The zero-order valence-corrected chi connectivity index (χ0v) is 16.6. The number of hydrogen-bond acceptors (Lipinski definition) is 3. The van der Waals surface area contributed by atoms with Crippen LogP contribution in [0.15, 0.2) is 30.3 Å². The summed E-state index contributed by atoms with van der Waals surface area (Å²) in [5, 5.41) is 6.61. The van der Waals surface area contributed by atoms with E-state index in [4.69, 9.17) is 0 Å². The molecule has 0 aliphatic carbocycles. The average molecular weight is 368 g/mol. The molecule has 2 N–H and O–H groups in total. The first-order chi connectivity index (χ1) is 11.5. The van der Waals surface area contributed by atoms with Crippen LogP contribution >= 0.6 is 12.4 Å². The Bertz CT molecular complexity index is 491. The van der Waals surface area contributed by atoms with Gasteiger partial charge in [-0.05, 0) is 57.3 Å². The summed E-state index contributed by atoms with van der Waals surface area (Å²) in [6.45, 7) is 8.25. The summed E-state index contributed by atoms with van der Waals surface area (Å²) in [5.41, 5.74) is 1.30. The van der Waals surface area contributed by atoms with Crippen molar-refractivity contribution in [3.63, 3.8) is 0 Å². The van der Waals surface area contributed by atoms with Gasteiger partial charge >= 0.3 is 0 Å². The summed E-state index contributed by atoms with van der Waals surface area (Å²) in [5.74, 6) is 1.28. The third kappa shape index (κ3) is 8.21. The van der Waals surface area contributed by atoms with Gasteiger partial charge in [0, 0.05) is 25.6 Å². The SMILES string of the molecule is CC(CN(C)Cc1ccccc1)NC(=O)CC(C)C1CCCNC1.Cl. The molecule has 1 saturated heterocycles. The van der Waals surface area contributed by atoms with Gasteiger partial charge in [-0.15, -0.1) is 12.4 Å². The van der Waals surface area contributed by atoms with Gasteiger partial charge in [-0.1, -0.05) is 37.3 Å². The first-order valence-electron chi connectivity index (χ1n) is 9.27. The van der Waals surface area contributed by atoms with Crippen LogP contribution in [-0.2, 0) is 11.3 Å². The highest BCUT2D eigenvalue weighted by Gasteiger charge is 2.22. The lowest BCUT2D eigenvalue weighted by Crippen LogP contribution is -2.42. The molecule has 2 rings (SSSR count). The van der Waals surface area contributed by atoms with Crippen LogP contribution in [0.1, 0.15) is 38.7 Å². The lowest BCUT2D eigenvalue weighted by molar-refractivity contribution is -0.123. The van der Waals surface area contributed by atoms with Crippen LogP contribution in [0.2, 0.25) is 0 Å². The average Bonchev–Trinajstić information content (AvgIpc) is 2.56. The molecule has 0 aromatic heterocycles. The molecule has 1 fully saturated rings. The maximum atomic E-state index is 12.3. The number of rotatable bonds is 8. The molecular weight excluding hydrogens is 334 g/mol. The van der Waals surface area contributed by atoms with E-state index in [-0.39, 0.29) is 24.4 Å². The Balaban J connectivity index is 0.00000312. The second-order valence-electron chi connectivity index (χ2n) is 7.44. The smallest absolute Gasteiger partial charge is 0.220 e. The van der Waals surface area contributed by atoms with E-state index in [1.807, 2.05) is 6.07 Å². The fourth-order valence-electron chi connectivity index (χ4n) is 3.63. The molecule has 0 spiro atoms. The number of hydrogen-bond donors (Lipinski definition) is 2. The zero-order chi connectivity index (χ0) is 17.4. The maximum Gasteiger partial charge on any atom is 0.220 e. The molecule has 1 aromatic rings. The topological polar surface area (TPSA) is 44.4 Å². The van der Waals surface area contributed by atoms with Crippen molar-refractivity contribution in [3.05, 3.63) is 35.9 Å². The number of benzene rings is 1. The van der Waals surface area contributed by atoms with Gasteiger partial charge < -0.3 is 15.5 Å². The minimum absolute atomic E-state index is 0. The Morgan fingerprint density at radius 1 is 1.32 bits per heavy atom. The number of amides is 1. The second-order valence-corrected chi connectivity index (χ2v) is 7.44. The molecule has 1 amide bonds. The lowest BCUT2D eigenvalue weighted by atomic mass is 9.85. The maximum absolute atomic E-state index is 12.3. The molecule has 4 nitrogen and oxygen atoms in total. The molecule has 1 aromatic carbocycles. The summed E-state index contributed by atoms with van der Waals surface area (Å²) in [7, 11) is 2.10. The van der Waals surface area contributed by atoms with Gasteiger partial charge in [-0.2, -0.15) is 0 Å². The van der Waals surface area contributed by atoms with Crippen LogP contribution < -0.4 is 10.6 Å². The fraction of sp³-hybridized carbons (Fsp3) is 0.650. The number of carbonyl (C=O) groups excluding carboxylic acids is 1. The molecule has 1 aliphatic heterocycles. The van der Waals surface area contributed by atoms with Gasteiger partial charge in [0.1, 0.15) is 0 Å². The lowest BCUT2D eigenvalue weighted by Gasteiger charge is -2.28. The van der Waals surface area contributed by atoms with Crippen LogP contribution in [0.4, 0.5) is 0 Å². The molecule has 3 unspecified atom stereocenters. The van der Waals surface area contributed by atoms with Crippen molar-refractivity contribution in [1.82, 2.24) is 15.5 Å². The van der Waals surface area contributed by atoms with Gasteiger partial charge in [-0.3, -0.25) is 4.79 Å². The number of likely N-dealkylation sites (N-methyl/N-ethyl adjacent to an activating group) is 1. The van der Waals surface area contributed by atoms with Crippen LogP contribution in [0.5, 0.6) is 0 Å². The highest BCUT2D eigenvalue weighted by Crippen LogP contribution is 2.22. The van der Waals surface area contributed by atoms with E-state index >= 15 is 0 Å². The van der Waals surface area contributed by atoms with Crippen LogP contribution in [0, 0.1) is 11.8 Å². The Kier molecular flexibility index (Phi) is 10.1. The van der Waals surface area contributed by atoms with E-state index in [1.165, 1.54) is 18.4 Å². The van der Waals surface area contributed by atoms with Gasteiger partial charge in [0.25, 0.3) is 0 Å². The summed E-state index contributed by atoms with van der Waals surface area (Å²) >= 11 is 0. The van der Waals surface area contributed by atoms with E-state index in [1.54, 1.807) is 0 Å². The van der Waals surface area contributed by atoms with Crippen molar-refractivity contribution in [2.24, 2.45) is 11.8 Å². The highest BCUT2D eigenvalue weighted by molar-refractivity contribution is 5.85. The number of nitrogens with one attached hydrogen (secondary N) is 2. The fourth-order valence-corrected chi connectivity index (χ4v) is 3.63. The summed E-state index contributed by atoms with van der Waals surface area (Å²) in [6.07, 6.45) is 3.12. The Morgan fingerprint density at radius 3 is 2.68 bits per heavy atom. The first-order valence-corrected chi connectivity index (χ1v) is 9.27. The normalized spacial score (nSPS) is 19.8. The van der Waals surface area contributed by atoms with Crippen molar-refractivity contribution in [3.8, 4) is 0 Å². The number of halogens is 1. The van der Waals surface area contributed by atoms with E-state index in [0.717, 1.165) is 26.2 Å². The van der Waals surface area contributed by atoms with E-state index in [0.29, 0.717) is 18.3 Å². The molecule has 1 aliphatic rings. The summed E-state index contributed by atoms with van der Waals surface area (Å²) in [4.78, 5) is 14.6. The molecule has 142 valence electrons. The van der Waals surface area contributed by atoms with Crippen molar-refractivity contribution in [2.75, 3.05) is 26.7 Å². The largest absolute Gasteiger partial charge is 0.352 e. The third-order valence-corrected chi connectivity index (χ3v) is 4.94.